The zero-order valence-electron chi connectivity index (χ0n) is 10.8. The van der Waals surface area contributed by atoms with Crippen LogP contribution in [0.4, 0.5) is 20.2 Å². The molecule has 3 rings (SSSR count). The Kier molecular flexibility index (Phi) is 3.29. The van der Waals surface area contributed by atoms with E-state index in [-0.39, 0.29) is 11.7 Å². The lowest BCUT2D eigenvalue weighted by molar-refractivity contribution is -0.385. The predicted molar refractivity (Wildman–Crippen MR) is 69.7 cm³/mol. The number of hydrogen-bond acceptors (Lipinski definition) is 4. The summed E-state index contributed by atoms with van der Waals surface area (Å²) in [6.07, 6.45) is 2.12. The van der Waals surface area contributed by atoms with Crippen molar-refractivity contribution in [2.75, 3.05) is 24.5 Å². The van der Waals surface area contributed by atoms with E-state index in [1.807, 2.05) is 0 Å². The lowest BCUT2D eigenvalue weighted by Gasteiger charge is -2.24. The predicted octanol–water partition coefficient (Wildman–Crippen LogP) is 2.06. The van der Waals surface area contributed by atoms with Gasteiger partial charge >= 0.3 is 0 Å². The highest BCUT2D eigenvalue weighted by atomic mass is 19.1. The summed E-state index contributed by atoms with van der Waals surface area (Å²) in [4.78, 5) is 11.5. The van der Waals surface area contributed by atoms with Gasteiger partial charge in [-0.05, 0) is 25.3 Å². The van der Waals surface area contributed by atoms with E-state index >= 15 is 0 Å². The fraction of sp³-hybridized carbons (Fsp3) is 0.538. The van der Waals surface area contributed by atoms with Crippen molar-refractivity contribution in [2.45, 2.75) is 18.9 Å². The van der Waals surface area contributed by atoms with Crippen LogP contribution in [-0.2, 0) is 0 Å². The summed E-state index contributed by atoms with van der Waals surface area (Å²) in [7, 11) is 0. The molecule has 2 saturated heterocycles. The third-order valence-electron chi connectivity index (χ3n) is 4.13. The van der Waals surface area contributed by atoms with Crippen LogP contribution in [0.5, 0.6) is 0 Å². The average molecular weight is 283 g/mol. The van der Waals surface area contributed by atoms with Crippen LogP contribution in [0.15, 0.2) is 12.1 Å². The fourth-order valence-corrected chi connectivity index (χ4v) is 3.19. The maximum atomic E-state index is 14.0. The van der Waals surface area contributed by atoms with Gasteiger partial charge in [0.25, 0.3) is 5.69 Å². The van der Waals surface area contributed by atoms with E-state index in [4.69, 9.17) is 0 Å². The van der Waals surface area contributed by atoms with Crippen molar-refractivity contribution in [1.82, 2.24) is 5.32 Å². The molecule has 0 amide bonds. The van der Waals surface area contributed by atoms with Crippen LogP contribution in [0.3, 0.4) is 0 Å². The van der Waals surface area contributed by atoms with Gasteiger partial charge in [-0.15, -0.1) is 0 Å². The van der Waals surface area contributed by atoms with Crippen molar-refractivity contribution >= 4 is 11.4 Å². The van der Waals surface area contributed by atoms with Crippen LogP contribution in [0, 0.1) is 27.7 Å². The number of benzene rings is 1. The molecule has 2 aliphatic rings. The molecule has 108 valence electrons. The Morgan fingerprint density at radius 3 is 2.60 bits per heavy atom. The van der Waals surface area contributed by atoms with E-state index in [1.54, 1.807) is 4.90 Å². The summed E-state index contributed by atoms with van der Waals surface area (Å²) in [6.45, 7) is 2.06. The van der Waals surface area contributed by atoms with Gasteiger partial charge in [0.15, 0.2) is 11.6 Å². The summed E-state index contributed by atoms with van der Waals surface area (Å²) in [5, 5.41) is 13.9. The molecule has 0 spiro atoms. The molecule has 2 atom stereocenters. The topological polar surface area (TPSA) is 58.4 Å². The number of nitro benzene ring substituents is 1. The monoisotopic (exact) mass is 283 g/mol. The van der Waals surface area contributed by atoms with Crippen molar-refractivity contribution in [3.63, 3.8) is 0 Å². The number of nitrogens with zero attached hydrogens (tertiary/aromatic N) is 2. The third-order valence-corrected chi connectivity index (χ3v) is 4.13. The van der Waals surface area contributed by atoms with Gasteiger partial charge in [-0.3, -0.25) is 10.1 Å². The number of non-ortho nitro benzene ring substituents is 1. The minimum atomic E-state index is -0.865. The first-order chi connectivity index (χ1) is 9.56. The fourth-order valence-electron chi connectivity index (χ4n) is 3.19. The first-order valence-electron chi connectivity index (χ1n) is 6.68. The number of nitrogens with one attached hydrogen (secondary N) is 1. The third kappa shape index (κ3) is 2.22. The summed E-state index contributed by atoms with van der Waals surface area (Å²) in [5.74, 6) is -1.34. The van der Waals surface area contributed by atoms with Gasteiger partial charge in [-0.1, -0.05) is 0 Å². The molecule has 1 aromatic rings. The summed E-state index contributed by atoms with van der Waals surface area (Å²) < 4.78 is 28.0. The number of fused-ring (bicyclic) bond motifs is 1. The highest BCUT2D eigenvalue weighted by Crippen LogP contribution is 2.34. The van der Waals surface area contributed by atoms with Gasteiger partial charge in [0, 0.05) is 19.1 Å². The Labute approximate surface area is 114 Å². The Bertz CT molecular complexity index is 515. The minimum absolute atomic E-state index is 0.146. The van der Waals surface area contributed by atoms with E-state index in [0.29, 0.717) is 19.0 Å². The van der Waals surface area contributed by atoms with E-state index in [2.05, 4.69) is 5.32 Å². The second kappa shape index (κ2) is 4.97. The Morgan fingerprint density at radius 2 is 2.00 bits per heavy atom. The molecule has 2 heterocycles. The number of hydrogen-bond donors (Lipinski definition) is 1. The molecule has 1 N–H and O–H groups in total. The van der Waals surface area contributed by atoms with E-state index < -0.39 is 22.2 Å². The standard InChI is InChI=1S/C13H15F2N3O2/c14-10-4-9(18(19)20)5-11(15)13(10)17-6-8-2-1-3-16-12(8)7-17/h4-5,8,12,16H,1-3,6-7H2. The molecule has 2 fully saturated rings. The van der Waals surface area contributed by atoms with Gasteiger partial charge in [0.2, 0.25) is 0 Å². The van der Waals surface area contributed by atoms with Crippen LogP contribution in [0.1, 0.15) is 12.8 Å². The molecule has 0 aliphatic carbocycles. The van der Waals surface area contributed by atoms with Crippen LogP contribution in [0.2, 0.25) is 0 Å². The average Bonchev–Trinajstić information content (AvgIpc) is 2.80. The molecule has 2 aliphatic heterocycles. The van der Waals surface area contributed by atoms with E-state index in [9.17, 15) is 18.9 Å². The number of piperidine rings is 1. The van der Waals surface area contributed by atoms with Gasteiger partial charge in [0.1, 0.15) is 5.69 Å². The minimum Gasteiger partial charge on any atom is -0.365 e. The maximum absolute atomic E-state index is 14.0. The summed E-state index contributed by atoms with van der Waals surface area (Å²) in [5.41, 5.74) is -0.703. The molecule has 1 aromatic carbocycles. The molecule has 5 nitrogen and oxygen atoms in total. The molecule has 7 heteroatoms. The van der Waals surface area contributed by atoms with Crippen molar-refractivity contribution in [3.8, 4) is 0 Å². The van der Waals surface area contributed by atoms with Crippen LogP contribution < -0.4 is 10.2 Å². The lowest BCUT2D eigenvalue weighted by atomic mass is 9.94. The molecule has 0 aromatic heterocycles. The van der Waals surface area contributed by atoms with Gasteiger partial charge in [-0.25, -0.2) is 8.78 Å². The highest BCUT2D eigenvalue weighted by molar-refractivity contribution is 5.55. The van der Waals surface area contributed by atoms with Gasteiger partial charge in [0.05, 0.1) is 17.1 Å². The van der Waals surface area contributed by atoms with E-state index in [1.165, 1.54) is 0 Å². The first-order valence-corrected chi connectivity index (χ1v) is 6.68. The van der Waals surface area contributed by atoms with Crippen LogP contribution in [-0.4, -0.2) is 30.6 Å². The molecular formula is C13H15F2N3O2. The molecule has 20 heavy (non-hydrogen) atoms. The summed E-state index contributed by atoms with van der Waals surface area (Å²) >= 11 is 0. The Balaban J connectivity index is 1.89. The normalized spacial score (nSPS) is 25.6. The SMILES string of the molecule is O=[N+]([O-])c1cc(F)c(N2CC3CCCNC3C2)c(F)c1. The van der Waals surface area contributed by atoms with Crippen LogP contribution in [0.25, 0.3) is 0 Å². The van der Waals surface area contributed by atoms with E-state index in [0.717, 1.165) is 31.5 Å². The quantitative estimate of drug-likeness (QED) is 0.666. The maximum Gasteiger partial charge on any atom is 0.275 e. The number of halogens is 2. The smallest absolute Gasteiger partial charge is 0.275 e. The van der Waals surface area contributed by atoms with Crippen molar-refractivity contribution in [3.05, 3.63) is 33.9 Å². The molecule has 2 unspecified atom stereocenters. The van der Waals surface area contributed by atoms with Crippen LogP contribution >= 0.6 is 0 Å². The largest absolute Gasteiger partial charge is 0.365 e. The van der Waals surface area contributed by atoms with Crippen molar-refractivity contribution < 1.29 is 13.7 Å². The molecule has 0 saturated carbocycles. The second-order valence-corrected chi connectivity index (χ2v) is 5.38. The highest BCUT2D eigenvalue weighted by Gasteiger charge is 2.36. The number of rotatable bonds is 2. The summed E-state index contributed by atoms with van der Waals surface area (Å²) in [6, 6.07) is 1.82. The van der Waals surface area contributed by atoms with Crippen molar-refractivity contribution in [1.29, 1.82) is 0 Å². The second-order valence-electron chi connectivity index (χ2n) is 5.38. The molecule has 0 bridgehead atoms. The Hall–Kier alpha value is -1.76. The number of anilines is 1. The number of nitro groups is 1. The first kappa shape index (κ1) is 13.2. The lowest BCUT2D eigenvalue weighted by Crippen LogP contribution is -2.40. The zero-order chi connectivity index (χ0) is 14.3. The molecule has 0 radical (unpaired) electrons. The van der Waals surface area contributed by atoms with Crippen molar-refractivity contribution in [2.24, 2.45) is 5.92 Å². The molecular weight excluding hydrogens is 268 g/mol. The van der Waals surface area contributed by atoms with Gasteiger partial charge < -0.3 is 10.2 Å². The zero-order valence-corrected chi connectivity index (χ0v) is 10.8. The van der Waals surface area contributed by atoms with Gasteiger partial charge in [-0.2, -0.15) is 0 Å². The Morgan fingerprint density at radius 1 is 1.30 bits per heavy atom.